The van der Waals surface area contributed by atoms with Gasteiger partial charge in [-0.3, -0.25) is 14.5 Å². The molecule has 1 aliphatic rings. The van der Waals surface area contributed by atoms with E-state index in [0.717, 1.165) is 9.13 Å². The number of carbonyl (C=O) groups excluding carboxylic acids is 1. The van der Waals surface area contributed by atoms with Gasteiger partial charge in [0.2, 0.25) is 5.91 Å². The molecule has 1 aliphatic heterocycles. The van der Waals surface area contributed by atoms with E-state index in [1.807, 2.05) is 24.3 Å². The summed E-state index contributed by atoms with van der Waals surface area (Å²) in [6, 6.07) is 7.19. The number of piperazine rings is 1. The van der Waals surface area contributed by atoms with E-state index in [1.54, 1.807) is 4.90 Å². The van der Waals surface area contributed by atoms with Gasteiger partial charge in [-0.2, -0.15) is 0 Å². The van der Waals surface area contributed by atoms with Crippen molar-refractivity contribution in [2.75, 3.05) is 13.1 Å². The zero-order valence-electron chi connectivity index (χ0n) is 9.60. The highest BCUT2D eigenvalue weighted by Crippen LogP contribution is 2.13. The van der Waals surface area contributed by atoms with Gasteiger partial charge in [0.1, 0.15) is 6.04 Å². The highest BCUT2D eigenvalue weighted by atomic mass is 127. The minimum Gasteiger partial charge on any atom is -0.480 e. The number of rotatable bonds is 3. The molecule has 1 unspecified atom stereocenters. The second-order valence-corrected chi connectivity index (χ2v) is 5.44. The van der Waals surface area contributed by atoms with Crippen LogP contribution in [-0.2, 0) is 16.1 Å². The molecule has 0 aliphatic carbocycles. The van der Waals surface area contributed by atoms with Crippen LogP contribution in [0.3, 0.4) is 0 Å². The number of nitrogens with one attached hydrogen (secondary N) is 1. The van der Waals surface area contributed by atoms with Gasteiger partial charge in [0, 0.05) is 16.7 Å². The Morgan fingerprint density at radius 1 is 1.44 bits per heavy atom. The Balaban J connectivity index is 2.11. The Morgan fingerprint density at radius 2 is 2.11 bits per heavy atom. The van der Waals surface area contributed by atoms with E-state index < -0.39 is 12.0 Å². The Labute approximate surface area is 118 Å². The predicted molar refractivity (Wildman–Crippen MR) is 74.0 cm³/mol. The number of hydrogen-bond acceptors (Lipinski definition) is 3. The lowest BCUT2D eigenvalue weighted by Crippen LogP contribution is -2.56. The number of aliphatic carboxylic acids is 1. The highest BCUT2D eigenvalue weighted by Gasteiger charge is 2.31. The highest BCUT2D eigenvalue weighted by molar-refractivity contribution is 14.1. The molecule has 5 nitrogen and oxygen atoms in total. The van der Waals surface area contributed by atoms with Crippen molar-refractivity contribution in [3.63, 3.8) is 0 Å². The molecule has 1 saturated heterocycles. The SMILES string of the molecule is O=C1CN(Cc2ccc(I)cc2)C(C(=O)O)CN1. The summed E-state index contributed by atoms with van der Waals surface area (Å²) in [5.74, 6) is -1.03. The molecule has 0 bridgehead atoms. The first kappa shape index (κ1) is 13.3. The van der Waals surface area contributed by atoms with Crippen LogP contribution in [0, 0.1) is 3.57 Å². The third-order valence-electron chi connectivity index (χ3n) is 2.86. The molecule has 0 saturated carbocycles. The largest absolute Gasteiger partial charge is 0.480 e. The van der Waals surface area contributed by atoms with Gasteiger partial charge >= 0.3 is 5.97 Å². The minimum absolute atomic E-state index is 0.127. The van der Waals surface area contributed by atoms with Crippen molar-refractivity contribution in [1.82, 2.24) is 10.2 Å². The molecule has 96 valence electrons. The second-order valence-electron chi connectivity index (χ2n) is 4.19. The van der Waals surface area contributed by atoms with E-state index in [2.05, 4.69) is 27.9 Å². The van der Waals surface area contributed by atoms with Gasteiger partial charge in [0.15, 0.2) is 0 Å². The number of carbonyl (C=O) groups is 2. The van der Waals surface area contributed by atoms with Crippen molar-refractivity contribution in [1.29, 1.82) is 0 Å². The zero-order valence-corrected chi connectivity index (χ0v) is 11.8. The van der Waals surface area contributed by atoms with Gasteiger partial charge in [-0.25, -0.2) is 0 Å². The number of amides is 1. The van der Waals surface area contributed by atoms with Crippen molar-refractivity contribution >= 4 is 34.5 Å². The van der Waals surface area contributed by atoms with E-state index in [-0.39, 0.29) is 19.0 Å². The third-order valence-corrected chi connectivity index (χ3v) is 3.58. The molecule has 0 spiro atoms. The molecule has 1 heterocycles. The first-order valence-corrected chi connectivity index (χ1v) is 6.62. The summed E-state index contributed by atoms with van der Waals surface area (Å²) in [5, 5.41) is 11.7. The Morgan fingerprint density at radius 3 is 2.72 bits per heavy atom. The number of carboxylic acids is 1. The van der Waals surface area contributed by atoms with Crippen LogP contribution in [0.15, 0.2) is 24.3 Å². The van der Waals surface area contributed by atoms with E-state index in [4.69, 9.17) is 5.11 Å². The number of benzene rings is 1. The van der Waals surface area contributed by atoms with Gasteiger partial charge in [0.05, 0.1) is 6.54 Å². The van der Waals surface area contributed by atoms with Crippen LogP contribution in [0.1, 0.15) is 5.56 Å². The Bertz CT molecular complexity index is 461. The van der Waals surface area contributed by atoms with E-state index >= 15 is 0 Å². The third kappa shape index (κ3) is 3.20. The smallest absolute Gasteiger partial charge is 0.322 e. The fourth-order valence-corrected chi connectivity index (χ4v) is 2.28. The standard InChI is InChI=1S/C12H13IN2O3/c13-9-3-1-8(2-4-9)6-15-7-11(16)14-5-10(15)12(17)18/h1-4,10H,5-7H2,(H,14,16)(H,17,18). The number of nitrogens with zero attached hydrogens (tertiary/aromatic N) is 1. The minimum atomic E-state index is -0.902. The van der Waals surface area contributed by atoms with Gasteiger partial charge in [0.25, 0.3) is 0 Å². The lowest BCUT2D eigenvalue weighted by molar-refractivity contribution is -0.146. The van der Waals surface area contributed by atoms with Crippen LogP contribution >= 0.6 is 22.6 Å². The van der Waals surface area contributed by atoms with Crippen LogP contribution < -0.4 is 5.32 Å². The Kier molecular flexibility index (Phi) is 4.18. The molecule has 1 amide bonds. The van der Waals surface area contributed by atoms with Crippen molar-refractivity contribution in [2.24, 2.45) is 0 Å². The van der Waals surface area contributed by atoms with Crippen molar-refractivity contribution in [2.45, 2.75) is 12.6 Å². The summed E-state index contributed by atoms with van der Waals surface area (Å²) in [6.45, 7) is 0.767. The van der Waals surface area contributed by atoms with E-state index in [1.165, 1.54) is 0 Å². The predicted octanol–water partition coefficient (Wildman–Crippen LogP) is 0.676. The number of carboxylic acid groups (broad SMARTS) is 1. The molecular formula is C12H13IN2O3. The van der Waals surface area contributed by atoms with E-state index in [9.17, 15) is 9.59 Å². The van der Waals surface area contributed by atoms with Crippen molar-refractivity contribution in [3.8, 4) is 0 Å². The molecular weight excluding hydrogens is 347 g/mol. The quantitative estimate of drug-likeness (QED) is 0.778. The second kappa shape index (κ2) is 5.66. The maximum atomic E-state index is 11.3. The van der Waals surface area contributed by atoms with Crippen LogP contribution in [-0.4, -0.2) is 41.0 Å². The summed E-state index contributed by atoms with van der Waals surface area (Å²) in [4.78, 5) is 24.1. The number of hydrogen-bond donors (Lipinski definition) is 2. The molecule has 2 N–H and O–H groups in total. The summed E-state index contributed by atoms with van der Waals surface area (Å²) < 4.78 is 1.13. The van der Waals surface area contributed by atoms with Gasteiger partial charge < -0.3 is 10.4 Å². The average Bonchev–Trinajstić information content (AvgIpc) is 2.32. The first-order chi connectivity index (χ1) is 8.56. The molecule has 1 aromatic carbocycles. The summed E-state index contributed by atoms with van der Waals surface area (Å²) >= 11 is 2.21. The van der Waals surface area contributed by atoms with Crippen LogP contribution in [0.25, 0.3) is 0 Å². The van der Waals surface area contributed by atoms with Crippen molar-refractivity contribution < 1.29 is 14.7 Å². The molecule has 0 radical (unpaired) electrons. The van der Waals surface area contributed by atoms with Crippen molar-refractivity contribution in [3.05, 3.63) is 33.4 Å². The maximum absolute atomic E-state index is 11.3. The first-order valence-electron chi connectivity index (χ1n) is 5.54. The normalized spacial score (nSPS) is 20.5. The zero-order chi connectivity index (χ0) is 13.1. The molecule has 6 heteroatoms. The molecule has 1 atom stereocenters. The summed E-state index contributed by atoms with van der Waals surface area (Å²) in [7, 11) is 0. The maximum Gasteiger partial charge on any atom is 0.322 e. The van der Waals surface area contributed by atoms with Crippen LogP contribution in [0.5, 0.6) is 0 Å². The molecule has 1 aromatic rings. The Hall–Kier alpha value is -1.15. The molecule has 2 rings (SSSR count). The van der Waals surface area contributed by atoms with Gasteiger partial charge in [-0.15, -0.1) is 0 Å². The van der Waals surface area contributed by atoms with E-state index in [0.29, 0.717) is 6.54 Å². The van der Waals surface area contributed by atoms with Gasteiger partial charge in [-0.1, -0.05) is 12.1 Å². The lowest BCUT2D eigenvalue weighted by atomic mass is 10.1. The summed E-state index contributed by atoms with van der Waals surface area (Å²) in [6.07, 6.45) is 0. The fourth-order valence-electron chi connectivity index (χ4n) is 1.92. The fraction of sp³-hybridized carbons (Fsp3) is 0.333. The molecule has 1 fully saturated rings. The molecule has 0 aromatic heterocycles. The lowest BCUT2D eigenvalue weighted by Gasteiger charge is -2.32. The number of halogens is 1. The summed E-state index contributed by atoms with van der Waals surface area (Å²) in [5.41, 5.74) is 1.01. The molecule has 18 heavy (non-hydrogen) atoms. The monoisotopic (exact) mass is 360 g/mol. The van der Waals surface area contributed by atoms with Gasteiger partial charge in [-0.05, 0) is 40.3 Å². The topological polar surface area (TPSA) is 69.6 Å². The average molecular weight is 360 g/mol. The van der Waals surface area contributed by atoms with Crippen LogP contribution in [0.2, 0.25) is 0 Å². The van der Waals surface area contributed by atoms with Crippen LogP contribution in [0.4, 0.5) is 0 Å².